The molecule has 0 aliphatic carbocycles. The van der Waals surface area contributed by atoms with Gasteiger partial charge in [0.05, 0.1) is 37.7 Å². The molecule has 0 saturated carbocycles. The molecule has 0 unspecified atom stereocenters. The number of benzene rings is 1. The molecular formula is C14H19N3O2. The summed E-state index contributed by atoms with van der Waals surface area (Å²) in [6.45, 7) is 5.72. The zero-order valence-electron chi connectivity index (χ0n) is 11.2. The van der Waals surface area contributed by atoms with E-state index < -0.39 is 0 Å². The van der Waals surface area contributed by atoms with E-state index in [-0.39, 0.29) is 0 Å². The second-order valence-electron chi connectivity index (χ2n) is 4.75. The van der Waals surface area contributed by atoms with E-state index in [9.17, 15) is 0 Å². The normalized spacial score (nSPS) is 16.9. The Morgan fingerprint density at radius 2 is 2.11 bits per heavy atom. The van der Waals surface area contributed by atoms with Crippen molar-refractivity contribution in [3.8, 4) is 5.75 Å². The van der Waals surface area contributed by atoms with Gasteiger partial charge in [-0.05, 0) is 12.1 Å². The van der Waals surface area contributed by atoms with Crippen molar-refractivity contribution in [2.75, 3.05) is 40.0 Å². The Morgan fingerprint density at radius 3 is 2.89 bits per heavy atom. The van der Waals surface area contributed by atoms with Gasteiger partial charge >= 0.3 is 0 Å². The van der Waals surface area contributed by atoms with Crippen molar-refractivity contribution < 1.29 is 9.47 Å². The third kappa shape index (κ3) is 2.72. The minimum absolute atomic E-state index is 0.846. The first-order valence-electron chi connectivity index (χ1n) is 6.66. The van der Waals surface area contributed by atoms with Crippen LogP contribution in [0.1, 0.15) is 0 Å². The van der Waals surface area contributed by atoms with Gasteiger partial charge in [0.25, 0.3) is 0 Å². The highest BCUT2D eigenvalue weighted by Crippen LogP contribution is 2.19. The minimum atomic E-state index is 0.846. The fourth-order valence-electron chi connectivity index (χ4n) is 2.42. The van der Waals surface area contributed by atoms with Gasteiger partial charge in [-0.2, -0.15) is 0 Å². The SMILES string of the molecule is COc1ccc2ncn(CCN3CCOCC3)c2c1. The predicted octanol–water partition coefficient (Wildman–Crippen LogP) is 1.38. The number of rotatable bonds is 4. The van der Waals surface area contributed by atoms with Crippen LogP contribution in [-0.4, -0.2) is 54.4 Å². The summed E-state index contributed by atoms with van der Waals surface area (Å²) in [5, 5.41) is 0. The maximum Gasteiger partial charge on any atom is 0.121 e. The van der Waals surface area contributed by atoms with Crippen molar-refractivity contribution in [1.82, 2.24) is 14.5 Å². The van der Waals surface area contributed by atoms with Crippen molar-refractivity contribution in [2.24, 2.45) is 0 Å². The number of imidazole rings is 1. The van der Waals surface area contributed by atoms with Crippen LogP contribution in [-0.2, 0) is 11.3 Å². The van der Waals surface area contributed by atoms with Crippen LogP contribution in [0.4, 0.5) is 0 Å². The number of hydrogen-bond donors (Lipinski definition) is 0. The Bertz CT molecular complexity index is 547. The summed E-state index contributed by atoms with van der Waals surface area (Å²) in [6.07, 6.45) is 1.91. The molecule has 0 amide bonds. The molecule has 1 aromatic carbocycles. The fraction of sp³-hybridized carbons (Fsp3) is 0.500. The number of aromatic nitrogens is 2. The van der Waals surface area contributed by atoms with Gasteiger partial charge < -0.3 is 14.0 Å². The van der Waals surface area contributed by atoms with Crippen LogP contribution in [0.3, 0.4) is 0 Å². The van der Waals surface area contributed by atoms with Crippen molar-refractivity contribution in [3.05, 3.63) is 24.5 Å². The third-order valence-electron chi connectivity index (χ3n) is 3.59. The highest BCUT2D eigenvalue weighted by atomic mass is 16.5. The van der Waals surface area contributed by atoms with E-state index in [2.05, 4.69) is 14.5 Å². The molecule has 102 valence electrons. The topological polar surface area (TPSA) is 39.5 Å². The van der Waals surface area contributed by atoms with Gasteiger partial charge in [0.1, 0.15) is 5.75 Å². The lowest BCUT2D eigenvalue weighted by Gasteiger charge is -2.26. The van der Waals surface area contributed by atoms with Crippen LogP contribution in [0, 0.1) is 0 Å². The summed E-state index contributed by atoms with van der Waals surface area (Å²) in [5.41, 5.74) is 2.15. The van der Waals surface area contributed by atoms with Crippen molar-refractivity contribution >= 4 is 11.0 Å². The number of nitrogens with zero attached hydrogens (tertiary/aromatic N) is 3. The molecule has 1 fully saturated rings. The molecule has 0 atom stereocenters. The maximum absolute atomic E-state index is 5.36. The Balaban J connectivity index is 1.72. The van der Waals surface area contributed by atoms with E-state index in [1.54, 1.807) is 7.11 Å². The van der Waals surface area contributed by atoms with E-state index >= 15 is 0 Å². The summed E-state index contributed by atoms with van der Waals surface area (Å²) in [6, 6.07) is 5.99. The van der Waals surface area contributed by atoms with Gasteiger partial charge in [-0.25, -0.2) is 4.98 Å². The molecule has 0 radical (unpaired) electrons. The second-order valence-corrected chi connectivity index (χ2v) is 4.75. The minimum Gasteiger partial charge on any atom is -0.497 e. The molecule has 3 rings (SSSR count). The van der Waals surface area contributed by atoms with Gasteiger partial charge in [-0.1, -0.05) is 0 Å². The molecule has 0 N–H and O–H groups in total. The first-order chi connectivity index (χ1) is 9.36. The Labute approximate surface area is 112 Å². The van der Waals surface area contributed by atoms with Crippen molar-refractivity contribution in [3.63, 3.8) is 0 Å². The summed E-state index contributed by atoms with van der Waals surface area (Å²) >= 11 is 0. The van der Waals surface area contributed by atoms with E-state index in [0.717, 1.165) is 56.2 Å². The molecule has 5 heteroatoms. The van der Waals surface area contributed by atoms with E-state index in [1.807, 2.05) is 24.5 Å². The first kappa shape index (κ1) is 12.4. The molecule has 1 aromatic heterocycles. The molecule has 0 spiro atoms. The van der Waals surface area contributed by atoms with Crippen molar-refractivity contribution in [1.29, 1.82) is 0 Å². The molecular weight excluding hydrogens is 242 g/mol. The van der Waals surface area contributed by atoms with Crippen LogP contribution < -0.4 is 4.74 Å². The number of morpholine rings is 1. The summed E-state index contributed by atoms with van der Waals surface area (Å²) in [7, 11) is 1.69. The average molecular weight is 261 g/mol. The highest BCUT2D eigenvalue weighted by Gasteiger charge is 2.11. The van der Waals surface area contributed by atoms with Crippen LogP contribution in [0.5, 0.6) is 5.75 Å². The average Bonchev–Trinajstić information content (AvgIpc) is 2.88. The van der Waals surface area contributed by atoms with Crippen molar-refractivity contribution in [2.45, 2.75) is 6.54 Å². The summed E-state index contributed by atoms with van der Waals surface area (Å²) in [5.74, 6) is 0.876. The van der Waals surface area contributed by atoms with Crippen LogP contribution in [0.15, 0.2) is 24.5 Å². The van der Waals surface area contributed by atoms with E-state index in [0.29, 0.717) is 0 Å². The number of methoxy groups -OCH3 is 1. The molecule has 2 aromatic rings. The molecule has 19 heavy (non-hydrogen) atoms. The molecule has 5 nitrogen and oxygen atoms in total. The summed E-state index contributed by atoms with van der Waals surface area (Å²) < 4.78 is 12.8. The second kappa shape index (κ2) is 5.59. The van der Waals surface area contributed by atoms with Crippen LogP contribution in [0.25, 0.3) is 11.0 Å². The van der Waals surface area contributed by atoms with Gasteiger partial charge in [0.2, 0.25) is 0 Å². The highest BCUT2D eigenvalue weighted by molar-refractivity contribution is 5.77. The molecule has 1 aliphatic rings. The quantitative estimate of drug-likeness (QED) is 0.833. The predicted molar refractivity (Wildman–Crippen MR) is 73.5 cm³/mol. The van der Waals surface area contributed by atoms with Gasteiger partial charge in [0.15, 0.2) is 0 Å². The number of hydrogen-bond acceptors (Lipinski definition) is 4. The molecule has 2 heterocycles. The largest absolute Gasteiger partial charge is 0.497 e. The summed E-state index contributed by atoms with van der Waals surface area (Å²) in [4.78, 5) is 6.85. The Morgan fingerprint density at radius 1 is 1.26 bits per heavy atom. The van der Waals surface area contributed by atoms with E-state index in [1.165, 1.54) is 0 Å². The Kier molecular flexibility index (Phi) is 3.66. The number of fused-ring (bicyclic) bond motifs is 1. The first-order valence-corrected chi connectivity index (χ1v) is 6.66. The smallest absolute Gasteiger partial charge is 0.121 e. The van der Waals surface area contributed by atoms with Crippen LogP contribution >= 0.6 is 0 Å². The standard InChI is InChI=1S/C14H19N3O2/c1-18-12-2-3-13-14(10-12)17(11-15-13)5-4-16-6-8-19-9-7-16/h2-3,10-11H,4-9H2,1H3. The lowest BCUT2D eigenvalue weighted by Crippen LogP contribution is -2.38. The molecule has 0 bridgehead atoms. The molecule has 1 aliphatic heterocycles. The fourth-order valence-corrected chi connectivity index (χ4v) is 2.42. The zero-order chi connectivity index (χ0) is 13.1. The zero-order valence-corrected chi connectivity index (χ0v) is 11.2. The van der Waals surface area contributed by atoms with Gasteiger partial charge in [-0.15, -0.1) is 0 Å². The van der Waals surface area contributed by atoms with E-state index in [4.69, 9.17) is 9.47 Å². The van der Waals surface area contributed by atoms with Gasteiger partial charge in [0, 0.05) is 32.2 Å². The lowest BCUT2D eigenvalue weighted by atomic mass is 10.3. The van der Waals surface area contributed by atoms with Crippen LogP contribution in [0.2, 0.25) is 0 Å². The third-order valence-corrected chi connectivity index (χ3v) is 3.59. The maximum atomic E-state index is 5.36. The Hall–Kier alpha value is -1.59. The van der Waals surface area contributed by atoms with Gasteiger partial charge in [-0.3, -0.25) is 4.90 Å². The molecule has 1 saturated heterocycles. The monoisotopic (exact) mass is 261 g/mol. The lowest BCUT2D eigenvalue weighted by molar-refractivity contribution is 0.0365. The number of ether oxygens (including phenoxy) is 2.